The predicted molar refractivity (Wildman–Crippen MR) is 78.5 cm³/mol. The summed E-state index contributed by atoms with van der Waals surface area (Å²) in [6.45, 7) is 4.81. The second-order valence-electron chi connectivity index (χ2n) is 4.85. The lowest BCUT2D eigenvalue weighted by Gasteiger charge is -2.17. The molecule has 0 aromatic carbocycles. The molecule has 1 rings (SSSR count). The number of hydrogen-bond acceptors (Lipinski definition) is 6. The van der Waals surface area contributed by atoms with Gasteiger partial charge in [-0.05, 0) is 19.8 Å². The molecule has 0 bridgehead atoms. The number of carbonyl (C=O) groups is 2. The molecule has 1 aromatic rings. The topological polar surface area (TPSA) is 124 Å². The number of hydrogen-bond donors (Lipinski definition) is 4. The highest BCUT2D eigenvalue weighted by molar-refractivity contribution is 7.15. The van der Waals surface area contributed by atoms with Crippen LogP contribution in [0.1, 0.15) is 44.5 Å². The van der Waals surface area contributed by atoms with Gasteiger partial charge in [0.2, 0.25) is 5.13 Å². The van der Waals surface area contributed by atoms with Gasteiger partial charge in [0.25, 0.3) is 0 Å². The molecule has 0 aliphatic carbocycles. The maximum absolute atomic E-state index is 11.6. The van der Waals surface area contributed by atoms with E-state index in [0.717, 1.165) is 24.8 Å². The van der Waals surface area contributed by atoms with Gasteiger partial charge in [-0.25, -0.2) is 9.59 Å². The Labute approximate surface area is 126 Å². The molecular formula is C12H20N4O4S. The highest BCUT2D eigenvalue weighted by Gasteiger charge is 2.30. The largest absolute Gasteiger partial charge is 0.479 e. The van der Waals surface area contributed by atoms with E-state index in [4.69, 9.17) is 5.11 Å². The molecule has 1 aromatic heterocycles. The number of carboxylic acid groups (broad SMARTS) is 1. The summed E-state index contributed by atoms with van der Waals surface area (Å²) in [5, 5.41) is 32.0. The van der Waals surface area contributed by atoms with Gasteiger partial charge >= 0.3 is 12.0 Å². The van der Waals surface area contributed by atoms with Crippen LogP contribution in [0.25, 0.3) is 0 Å². The maximum Gasteiger partial charge on any atom is 0.337 e. The molecule has 0 radical (unpaired) electrons. The zero-order valence-corrected chi connectivity index (χ0v) is 13.0. The van der Waals surface area contributed by atoms with E-state index < -0.39 is 24.1 Å². The zero-order chi connectivity index (χ0) is 16.0. The molecule has 0 aliphatic heterocycles. The number of amides is 2. The summed E-state index contributed by atoms with van der Waals surface area (Å²) in [6.07, 6.45) is 1.89. The van der Waals surface area contributed by atoms with Gasteiger partial charge in [-0.1, -0.05) is 25.2 Å². The van der Waals surface area contributed by atoms with Crippen LogP contribution in [0.2, 0.25) is 0 Å². The van der Waals surface area contributed by atoms with Gasteiger partial charge in [0, 0.05) is 5.92 Å². The second kappa shape index (κ2) is 7.32. The fourth-order valence-corrected chi connectivity index (χ4v) is 2.56. The number of aliphatic hydroxyl groups is 1. The SMILES string of the molecule is CCC(CC)c1nnc(NC(=O)NCC(C)(O)C(=O)O)s1. The average Bonchev–Trinajstić information content (AvgIpc) is 2.86. The van der Waals surface area contributed by atoms with Crippen LogP contribution in [-0.4, -0.2) is 44.6 Å². The van der Waals surface area contributed by atoms with Crippen molar-refractivity contribution < 1.29 is 19.8 Å². The third-order valence-corrected chi connectivity index (χ3v) is 4.05. The molecule has 8 nitrogen and oxygen atoms in total. The van der Waals surface area contributed by atoms with Crippen molar-refractivity contribution in [3.8, 4) is 0 Å². The third kappa shape index (κ3) is 4.94. The number of carboxylic acids is 1. The highest BCUT2D eigenvalue weighted by Crippen LogP contribution is 2.27. The Morgan fingerprint density at radius 3 is 2.48 bits per heavy atom. The van der Waals surface area contributed by atoms with E-state index in [0.29, 0.717) is 11.0 Å². The minimum Gasteiger partial charge on any atom is -0.479 e. The first-order valence-electron chi connectivity index (χ1n) is 6.64. The van der Waals surface area contributed by atoms with Gasteiger partial charge in [0.15, 0.2) is 5.60 Å². The first kappa shape index (κ1) is 17.3. The van der Waals surface area contributed by atoms with Gasteiger partial charge in [-0.15, -0.1) is 10.2 Å². The van der Waals surface area contributed by atoms with Crippen molar-refractivity contribution in [1.82, 2.24) is 15.5 Å². The van der Waals surface area contributed by atoms with E-state index in [1.165, 1.54) is 11.3 Å². The molecule has 1 heterocycles. The number of urea groups is 1. The Morgan fingerprint density at radius 1 is 1.33 bits per heavy atom. The standard InChI is InChI=1S/C12H20N4O4S/c1-4-7(5-2)8-15-16-11(21-8)14-10(19)13-6-12(3,20)9(17)18/h7,20H,4-6H2,1-3H3,(H,17,18)(H2,13,14,16,19). The first-order chi connectivity index (χ1) is 9.80. The first-order valence-corrected chi connectivity index (χ1v) is 7.45. The van der Waals surface area contributed by atoms with Crippen molar-refractivity contribution in [1.29, 1.82) is 0 Å². The molecule has 118 valence electrons. The number of carbonyl (C=O) groups excluding carboxylic acids is 1. The van der Waals surface area contributed by atoms with Crippen LogP contribution < -0.4 is 10.6 Å². The molecular weight excluding hydrogens is 296 g/mol. The summed E-state index contributed by atoms with van der Waals surface area (Å²) >= 11 is 1.29. The summed E-state index contributed by atoms with van der Waals surface area (Å²) in [4.78, 5) is 22.3. The molecule has 2 amide bonds. The van der Waals surface area contributed by atoms with Gasteiger partial charge in [-0.3, -0.25) is 5.32 Å². The van der Waals surface area contributed by atoms with E-state index in [9.17, 15) is 14.7 Å². The van der Waals surface area contributed by atoms with Crippen molar-refractivity contribution in [2.75, 3.05) is 11.9 Å². The molecule has 21 heavy (non-hydrogen) atoms. The summed E-state index contributed by atoms with van der Waals surface area (Å²) in [5.74, 6) is -1.09. The third-order valence-electron chi connectivity index (χ3n) is 3.05. The molecule has 0 fully saturated rings. The second-order valence-corrected chi connectivity index (χ2v) is 5.85. The minimum atomic E-state index is -2.01. The zero-order valence-electron chi connectivity index (χ0n) is 12.2. The van der Waals surface area contributed by atoms with E-state index >= 15 is 0 Å². The Bertz CT molecular complexity index is 499. The quantitative estimate of drug-likeness (QED) is 0.602. The Morgan fingerprint density at radius 2 is 1.95 bits per heavy atom. The molecule has 0 saturated heterocycles. The van der Waals surface area contributed by atoms with Crippen LogP contribution in [0.5, 0.6) is 0 Å². The van der Waals surface area contributed by atoms with E-state index in [-0.39, 0.29) is 0 Å². The van der Waals surface area contributed by atoms with Gasteiger partial charge in [0.05, 0.1) is 6.54 Å². The van der Waals surface area contributed by atoms with Crippen molar-refractivity contribution >= 4 is 28.5 Å². The summed E-state index contributed by atoms with van der Waals surface area (Å²) < 4.78 is 0. The van der Waals surface area contributed by atoms with Crippen molar-refractivity contribution in [3.63, 3.8) is 0 Å². The number of nitrogens with zero attached hydrogens (tertiary/aromatic N) is 2. The normalized spacial score (nSPS) is 13.8. The Hall–Kier alpha value is -1.74. The van der Waals surface area contributed by atoms with Crippen LogP contribution in [0.15, 0.2) is 0 Å². The molecule has 1 atom stereocenters. The van der Waals surface area contributed by atoms with Crippen molar-refractivity contribution in [2.24, 2.45) is 0 Å². The van der Waals surface area contributed by atoms with Crippen molar-refractivity contribution in [3.05, 3.63) is 5.01 Å². The Kier molecular flexibility index (Phi) is 6.03. The van der Waals surface area contributed by atoms with Gasteiger partial charge in [0.1, 0.15) is 5.01 Å². The van der Waals surface area contributed by atoms with E-state index in [2.05, 4.69) is 34.7 Å². The molecule has 0 spiro atoms. The fourth-order valence-electron chi connectivity index (χ4n) is 1.56. The maximum atomic E-state index is 11.6. The Balaban J connectivity index is 2.54. The van der Waals surface area contributed by atoms with Crippen LogP contribution in [0.4, 0.5) is 9.93 Å². The number of nitrogens with one attached hydrogen (secondary N) is 2. The van der Waals surface area contributed by atoms with Crippen LogP contribution in [0, 0.1) is 0 Å². The van der Waals surface area contributed by atoms with E-state index in [1.807, 2.05) is 0 Å². The molecule has 0 saturated carbocycles. The summed E-state index contributed by atoms with van der Waals surface area (Å²) in [7, 11) is 0. The lowest BCUT2D eigenvalue weighted by molar-refractivity contribution is -0.155. The highest BCUT2D eigenvalue weighted by atomic mass is 32.1. The monoisotopic (exact) mass is 316 g/mol. The number of aromatic nitrogens is 2. The van der Waals surface area contributed by atoms with Crippen LogP contribution >= 0.6 is 11.3 Å². The summed E-state index contributed by atoms with van der Waals surface area (Å²) in [5.41, 5.74) is -2.01. The molecule has 1 unspecified atom stereocenters. The lowest BCUT2D eigenvalue weighted by atomic mass is 10.1. The molecule has 0 aliphatic rings. The minimum absolute atomic E-state index is 0.314. The average molecular weight is 316 g/mol. The van der Waals surface area contributed by atoms with Gasteiger partial charge < -0.3 is 15.5 Å². The van der Waals surface area contributed by atoms with Crippen LogP contribution in [0.3, 0.4) is 0 Å². The fraction of sp³-hybridized carbons (Fsp3) is 0.667. The van der Waals surface area contributed by atoms with Crippen LogP contribution in [-0.2, 0) is 4.79 Å². The molecule has 4 N–H and O–H groups in total. The molecule has 9 heteroatoms. The number of anilines is 1. The summed E-state index contributed by atoms with van der Waals surface area (Å²) in [6, 6.07) is -0.635. The number of aliphatic carboxylic acids is 1. The van der Waals surface area contributed by atoms with Gasteiger partial charge in [-0.2, -0.15) is 0 Å². The number of rotatable bonds is 7. The van der Waals surface area contributed by atoms with Crippen molar-refractivity contribution in [2.45, 2.75) is 45.1 Å². The smallest absolute Gasteiger partial charge is 0.337 e. The lowest BCUT2D eigenvalue weighted by Crippen LogP contribution is -2.47. The predicted octanol–water partition coefficient (Wildman–Crippen LogP) is 1.40. The van der Waals surface area contributed by atoms with E-state index in [1.54, 1.807) is 0 Å².